The smallest absolute Gasteiger partial charge is 0.226 e. The number of likely N-dealkylation sites (N-methyl/N-ethyl adjacent to an activating group) is 1. The largest absolute Gasteiger partial charge is 0.342 e. The molecule has 0 aromatic heterocycles. The Morgan fingerprint density at radius 3 is 2.76 bits per heavy atom. The van der Waals surface area contributed by atoms with E-state index in [0.717, 1.165) is 6.42 Å². The van der Waals surface area contributed by atoms with Gasteiger partial charge in [0, 0.05) is 25.6 Å². The summed E-state index contributed by atoms with van der Waals surface area (Å²) in [5.41, 5.74) is 6.96. The molecule has 3 rings (SSSR count). The highest BCUT2D eigenvalue weighted by molar-refractivity contribution is 5.89. The van der Waals surface area contributed by atoms with Gasteiger partial charge in [0.25, 0.3) is 0 Å². The summed E-state index contributed by atoms with van der Waals surface area (Å²) in [7, 11) is 1.86. The minimum Gasteiger partial charge on any atom is -0.342 e. The minimum atomic E-state index is 0.103. The van der Waals surface area contributed by atoms with Gasteiger partial charge in [-0.05, 0) is 35.6 Å². The maximum atomic E-state index is 12.5. The molecule has 21 heavy (non-hydrogen) atoms. The van der Waals surface area contributed by atoms with E-state index >= 15 is 0 Å². The van der Waals surface area contributed by atoms with Crippen LogP contribution in [0.1, 0.15) is 24.8 Å². The second-order valence-corrected chi connectivity index (χ2v) is 6.05. The van der Waals surface area contributed by atoms with Gasteiger partial charge in [0.1, 0.15) is 0 Å². The zero-order valence-corrected chi connectivity index (χ0v) is 12.6. The van der Waals surface area contributed by atoms with Crippen LogP contribution in [0.2, 0.25) is 0 Å². The van der Waals surface area contributed by atoms with Gasteiger partial charge in [0.2, 0.25) is 5.91 Å². The van der Waals surface area contributed by atoms with Gasteiger partial charge in [-0.2, -0.15) is 0 Å². The zero-order chi connectivity index (χ0) is 15.0. The molecule has 3 nitrogen and oxygen atoms in total. The third-order valence-electron chi connectivity index (χ3n) is 4.68. The Morgan fingerprint density at radius 2 is 2.00 bits per heavy atom. The van der Waals surface area contributed by atoms with Gasteiger partial charge in [0.05, 0.1) is 0 Å². The van der Waals surface area contributed by atoms with Crippen molar-refractivity contribution in [3.63, 3.8) is 0 Å². The molecule has 0 bridgehead atoms. The molecule has 1 aliphatic carbocycles. The van der Waals surface area contributed by atoms with Gasteiger partial charge in [-0.15, -0.1) is 0 Å². The lowest BCUT2D eigenvalue weighted by Crippen LogP contribution is -2.40. The molecule has 0 radical (unpaired) electrons. The normalized spacial score (nSPS) is 22.0. The summed E-state index contributed by atoms with van der Waals surface area (Å²) in [5, 5.41) is 2.52. The average Bonchev–Trinajstić information content (AvgIpc) is 3.32. The SMILES string of the molecule is CC(CN)N(C)C(=O)C1CC1c1cccc2ccccc12. The molecule has 0 heterocycles. The highest BCUT2D eigenvalue weighted by Gasteiger charge is 2.46. The number of nitrogens with zero attached hydrogens (tertiary/aromatic N) is 1. The first-order chi connectivity index (χ1) is 10.1. The van der Waals surface area contributed by atoms with Crippen molar-refractivity contribution in [2.75, 3.05) is 13.6 Å². The lowest BCUT2D eigenvalue weighted by molar-refractivity contribution is -0.132. The Kier molecular flexibility index (Phi) is 3.68. The Balaban J connectivity index is 1.82. The lowest BCUT2D eigenvalue weighted by atomic mass is 10.00. The zero-order valence-electron chi connectivity index (χ0n) is 12.6. The minimum absolute atomic E-state index is 0.103. The van der Waals surface area contributed by atoms with E-state index in [-0.39, 0.29) is 17.9 Å². The molecule has 1 amide bonds. The van der Waals surface area contributed by atoms with Crippen LogP contribution in [0.15, 0.2) is 42.5 Å². The number of rotatable bonds is 4. The van der Waals surface area contributed by atoms with Crippen molar-refractivity contribution in [3.05, 3.63) is 48.0 Å². The number of fused-ring (bicyclic) bond motifs is 1. The summed E-state index contributed by atoms with van der Waals surface area (Å²) in [6.07, 6.45) is 0.953. The number of hydrogen-bond acceptors (Lipinski definition) is 2. The Labute approximate surface area is 125 Å². The van der Waals surface area contributed by atoms with Crippen molar-refractivity contribution >= 4 is 16.7 Å². The van der Waals surface area contributed by atoms with Crippen LogP contribution in [0.4, 0.5) is 0 Å². The van der Waals surface area contributed by atoms with Crippen molar-refractivity contribution in [1.29, 1.82) is 0 Å². The second-order valence-electron chi connectivity index (χ2n) is 6.05. The molecule has 2 aromatic carbocycles. The molecule has 3 atom stereocenters. The lowest BCUT2D eigenvalue weighted by Gasteiger charge is -2.23. The predicted molar refractivity (Wildman–Crippen MR) is 86.1 cm³/mol. The van der Waals surface area contributed by atoms with Gasteiger partial charge in [-0.1, -0.05) is 42.5 Å². The van der Waals surface area contributed by atoms with E-state index in [0.29, 0.717) is 12.5 Å². The van der Waals surface area contributed by atoms with E-state index in [1.54, 1.807) is 4.90 Å². The predicted octanol–water partition coefficient (Wildman–Crippen LogP) is 2.75. The standard InChI is InChI=1S/C18H22N2O/c1-12(11-19)20(2)18(21)17-10-16(17)15-9-5-7-13-6-3-4-8-14(13)15/h3-9,12,16-17H,10-11,19H2,1-2H3. The van der Waals surface area contributed by atoms with Gasteiger partial charge >= 0.3 is 0 Å². The van der Waals surface area contributed by atoms with Gasteiger partial charge in [-0.3, -0.25) is 4.79 Å². The van der Waals surface area contributed by atoms with Crippen LogP contribution in [0, 0.1) is 5.92 Å². The van der Waals surface area contributed by atoms with Crippen molar-refractivity contribution in [3.8, 4) is 0 Å². The van der Waals surface area contributed by atoms with Gasteiger partial charge in [0.15, 0.2) is 0 Å². The maximum Gasteiger partial charge on any atom is 0.226 e. The number of carbonyl (C=O) groups excluding carboxylic acids is 1. The molecule has 2 N–H and O–H groups in total. The van der Waals surface area contributed by atoms with Crippen LogP contribution in [-0.4, -0.2) is 30.4 Å². The molecule has 0 saturated heterocycles. The maximum absolute atomic E-state index is 12.5. The van der Waals surface area contributed by atoms with Crippen molar-refractivity contribution in [2.45, 2.75) is 25.3 Å². The quantitative estimate of drug-likeness (QED) is 0.937. The highest BCUT2D eigenvalue weighted by atomic mass is 16.2. The fraction of sp³-hybridized carbons (Fsp3) is 0.389. The summed E-state index contributed by atoms with van der Waals surface area (Å²) in [4.78, 5) is 14.3. The van der Waals surface area contributed by atoms with E-state index in [1.165, 1.54) is 16.3 Å². The highest BCUT2D eigenvalue weighted by Crippen LogP contribution is 2.50. The molecular formula is C18H22N2O. The molecule has 0 spiro atoms. The number of nitrogens with two attached hydrogens (primary N) is 1. The summed E-state index contributed by atoms with van der Waals surface area (Å²) in [5.74, 6) is 0.705. The number of benzene rings is 2. The molecule has 2 aromatic rings. The molecule has 3 unspecified atom stereocenters. The molecular weight excluding hydrogens is 260 g/mol. The van der Waals surface area contributed by atoms with Crippen LogP contribution >= 0.6 is 0 Å². The van der Waals surface area contributed by atoms with E-state index in [1.807, 2.05) is 14.0 Å². The third kappa shape index (κ3) is 2.54. The van der Waals surface area contributed by atoms with Crippen LogP contribution in [0.5, 0.6) is 0 Å². The van der Waals surface area contributed by atoms with Crippen molar-refractivity contribution in [2.24, 2.45) is 11.7 Å². The number of amides is 1. The molecule has 1 fully saturated rings. The number of hydrogen-bond donors (Lipinski definition) is 1. The van der Waals surface area contributed by atoms with Crippen molar-refractivity contribution < 1.29 is 4.79 Å². The Bertz CT molecular complexity index is 662. The second kappa shape index (κ2) is 5.49. The monoisotopic (exact) mass is 282 g/mol. The Hall–Kier alpha value is -1.87. The molecule has 3 heteroatoms. The molecule has 1 saturated carbocycles. The summed E-state index contributed by atoms with van der Waals surface area (Å²) in [6.45, 7) is 2.50. The number of carbonyl (C=O) groups is 1. The van der Waals surface area contributed by atoms with E-state index in [9.17, 15) is 4.79 Å². The average molecular weight is 282 g/mol. The van der Waals surface area contributed by atoms with E-state index < -0.39 is 0 Å². The van der Waals surface area contributed by atoms with Gasteiger partial charge < -0.3 is 10.6 Å². The summed E-state index contributed by atoms with van der Waals surface area (Å²) >= 11 is 0. The van der Waals surface area contributed by atoms with Gasteiger partial charge in [-0.25, -0.2) is 0 Å². The van der Waals surface area contributed by atoms with Crippen LogP contribution in [-0.2, 0) is 4.79 Å². The molecule has 110 valence electrons. The topological polar surface area (TPSA) is 46.3 Å². The van der Waals surface area contributed by atoms with E-state index in [4.69, 9.17) is 5.73 Å². The first-order valence-corrected chi connectivity index (χ1v) is 7.58. The van der Waals surface area contributed by atoms with Crippen LogP contribution in [0.25, 0.3) is 10.8 Å². The first kappa shape index (κ1) is 14.1. The fourth-order valence-corrected chi connectivity index (χ4v) is 3.02. The summed E-state index contributed by atoms with van der Waals surface area (Å²) in [6, 6.07) is 14.9. The van der Waals surface area contributed by atoms with Crippen LogP contribution in [0.3, 0.4) is 0 Å². The van der Waals surface area contributed by atoms with E-state index in [2.05, 4.69) is 42.5 Å². The van der Waals surface area contributed by atoms with Crippen LogP contribution < -0.4 is 5.73 Å². The fourth-order valence-electron chi connectivity index (χ4n) is 3.02. The molecule has 1 aliphatic rings. The molecule has 0 aliphatic heterocycles. The first-order valence-electron chi connectivity index (χ1n) is 7.58. The third-order valence-corrected chi connectivity index (χ3v) is 4.68. The van der Waals surface area contributed by atoms with Crippen molar-refractivity contribution in [1.82, 2.24) is 4.90 Å². The summed E-state index contributed by atoms with van der Waals surface area (Å²) < 4.78 is 0. The Morgan fingerprint density at radius 1 is 1.29 bits per heavy atom.